The molecule has 0 radical (unpaired) electrons. The van der Waals surface area contributed by atoms with Crippen LogP contribution in [0.1, 0.15) is 20.3 Å². The lowest BCUT2D eigenvalue weighted by Gasteiger charge is -2.22. The molecule has 0 aromatic carbocycles. The Hall–Kier alpha value is -1.63. The summed E-state index contributed by atoms with van der Waals surface area (Å²) in [6, 6.07) is 0. The maximum atomic E-state index is 9.25. The number of hydrogen-bond acceptors (Lipinski definition) is 7. The summed E-state index contributed by atoms with van der Waals surface area (Å²) in [7, 11) is 1.81. The van der Waals surface area contributed by atoms with Crippen molar-refractivity contribution in [1.29, 1.82) is 0 Å². The second-order valence-electron chi connectivity index (χ2n) is 4.96. The summed E-state index contributed by atoms with van der Waals surface area (Å²) in [4.78, 5) is 17.7. The van der Waals surface area contributed by atoms with E-state index in [4.69, 9.17) is 0 Å². The molecule has 1 aromatic heterocycles. The molecule has 2 rings (SSSR count). The predicted molar refractivity (Wildman–Crippen MR) is 80.3 cm³/mol. The summed E-state index contributed by atoms with van der Waals surface area (Å²) in [5.74, 6) is 2.31. The number of anilines is 3. The molecule has 0 bridgehead atoms. The molecule has 1 saturated heterocycles. The highest BCUT2D eigenvalue weighted by atomic mass is 16.3. The molecule has 1 aliphatic heterocycles. The number of aliphatic hydroxyl groups is 1. The van der Waals surface area contributed by atoms with Crippen molar-refractivity contribution in [2.24, 2.45) is 5.92 Å². The summed E-state index contributed by atoms with van der Waals surface area (Å²) < 4.78 is 0. The Labute approximate surface area is 120 Å². The van der Waals surface area contributed by atoms with Crippen LogP contribution in [0, 0.1) is 5.92 Å². The number of hydrogen-bond donors (Lipinski definition) is 2. The predicted octanol–water partition coefficient (Wildman–Crippen LogP) is 0.578. The molecule has 7 nitrogen and oxygen atoms in total. The van der Waals surface area contributed by atoms with Crippen molar-refractivity contribution < 1.29 is 5.11 Å². The average Bonchev–Trinajstić information content (AvgIpc) is 2.97. The average molecular weight is 280 g/mol. The van der Waals surface area contributed by atoms with Gasteiger partial charge >= 0.3 is 0 Å². The number of aliphatic hydroxyl groups excluding tert-OH is 1. The number of aromatic nitrogens is 3. The van der Waals surface area contributed by atoms with E-state index in [0.717, 1.165) is 32.6 Å². The highest BCUT2D eigenvalue weighted by Gasteiger charge is 2.25. The number of nitrogens with zero attached hydrogens (tertiary/aromatic N) is 5. The first-order valence-electron chi connectivity index (χ1n) is 7.26. The zero-order valence-electron chi connectivity index (χ0n) is 12.5. The van der Waals surface area contributed by atoms with Gasteiger partial charge in [-0.3, -0.25) is 0 Å². The van der Waals surface area contributed by atoms with Crippen LogP contribution in [0.5, 0.6) is 0 Å². The highest BCUT2D eigenvalue weighted by molar-refractivity contribution is 5.45. The minimum Gasteiger partial charge on any atom is -0.396 e. The summed E-state index contributed by atoms with van der Waals surface area (Å²) in [6.45, 7) is 7.82. The maximum absolute atomic E-state index is 9.25. The van der Waals surface area contributed by atoms with Gasteiger partial charge in [0.05, 0.1) is 0 Å². The van der Waals surface area contributed by atoms with Crippen LogP contribution in [0.15, 0.2) is 0 Å². The van der Waals surface area contributed by atoms with Crippen LogP contribution in [0.4, 0.5) is 17.8 Å². The van der Waals surface area contributed by atoms with Gasteiger partial charge < -0.3 is 20.2 Å². The lowest BCUT2D eigenvalue weighted by Crippen LogP contribution is -2.28. The Bertz CT molecular complexity index is 437. The fraction of sp³-hybridized carbons (Fsp3) is 0.769. The Morgan fingerprint density at radius 3 is 2.60 bits per heavy atom. The van der Waals surface area contributed by atoms with Crippen molar-refractivity contribution in [1.82, 2.24) is 15.0 Å². The van der Waals surface area contributed by atoms with Crippen molar-refractivity contribution in [3.05, 3.63) is 0 Å². The van der Waals surface area contributed by atoms with Gasteiger partial charge in [-0.05, 0) is 20.3 Å². The third-order valence-corrected chi connectivity index (χ3v) is 3.71. The minimum absolute atomic E-state index is 0.226. The normalized spacial score (nSPS) is 18.4. The van der Waals surface area contributed by atoms with Crippen LogP contribution in [0.25, 0.3) is 0 Å². The molecule has 1 unspecified atom stereocenters. The van der Waals surface area contributed by atoms with Gasteiger partial charge in [-0.15, -0.1) is 0 Å². The molecule has 1 fully saturated rings. The second kappa shape index (κ2) is 6.69. The number of rotatable bonds is 6. The summed E-state index contributed by atoms with van der Waals surface area (Å²) in [5, 5.41) is 12.2. The molecule has 0 aliphatic carbocycles. The van der Waals surface area contributed by atoms with Crippen molar-refractivity contribution >= 4 is 17.8 Å². The molecule has 1 aliphatic rings. The Morgan fingerprint density at radius 1 is 1.30 bits per heavy atom. The Balaban J connectivity index is 2.26. The molecular weight excluding hydrogens is 256 g/mol. The zero-order chi connectivity index (χ0) is 14.5. The van der Waals surface area contributed by atoms with E-state index < -0.39 is 0 Å². The standard InChI is InChI=1S/C13H24N6O/c1-4-18(5-2)12-15-11(14-3)16-13(17-12)19-7-6-10(8-19)9-20/h10,20H,4-9H2,1-3H3,(H,14,15,16,17). The fourth-order valence-electron chi connectivity index (χ4n) is 2.42. The second-order valence-corrected chi connectivity index (χ2v) is 4.96. The SMILES string of the molecule is CCN(CC)c1nc(NC)nc(N2CCC(CO)C2)n1. The van der Waals surface area contributed by atoms with Gasteiger partial charge in [0.15, 0.2) is 0 Å². The van der Waals surface area contributed by atoms with Crippen LogP contribution in [-0.2, 0) is 0 Å². The molecule has 20 heavy (non-hydrogen) atoms. The fourth-order valence-corrected chi connectivity index (χ4v) is 2.42. The minimum atomic E-state index is 0.226. The first-order valence-corrected chi connectivity index (χ1v) is 7.26. The van der Waals surface area contributed by atoms with E-state index in [1.54, 1.807) is 0 Å². The zero-order valence-corrected chi connectivity index (χ0v) is 12.5. The summed E-state index contributed by atoms with van der Waals surface area (Å²) in [5.41, 5.74) is 0. The lowest BCUT2D eigenvalue weighted by atomic mass is 10.1. The molecule has 1 aromatic rings. The molecule has 1 atom stereocenters. The molecule has 0 amide bonds. The third kappa shape index (κ3) is 3.09. The first-order chi connectivity index (χ1) is 9.71. The number of nitrogens with one attached hydrogen (secondary N) is 1. The van der Waals surface area contributed by atoms with Crippen molar-refractivity contribution in [3.8, 4) is 0 Å². The van der Waals surface area contributed by atoms with Gasteiger partial charge in [-0.25, -0.2) is 0 Å². The van der Waals surface area contributed by atoms with Crippen LogP contribution in [0.2, 0.25) is 0 Å². The van der Waals surface area contributed by atoms with Gasteiger partial charge in [-0.1, -0.05) is 0 Å². The first kappa shape index (κ1) is 14.8. The molecule has 0 saturated carbocycles. The van der Waals surface area contributed by atoms with Gasteiger partial charge in [-0.2, -0.15) is 15.0 Å². The van der Waals surface area contributed by atoms with Crippen LogP contribution in [0.3, 0.4) is 0 Å². The Morgan fingerprint density at radius 2 is 2.05 bits per heavy atom. The molecule has 2 heterocycles. The van der Waals surface area contributed by atoms with Crippen LogP contribution in [-0.4, -0.2) is 59.9 Å². The van der Waals surface area contributed by atoms with Gasteiger partial charge in [0, 0.05) is 45.8 Å². The van der Waals surface area contributed by atoms with E-state index in [9.17, 15) is 5.11 Å². The van der Waals surface area contributed by atoms with Crippen molar-refractivity contribution in [3.63, 3.8) is 0 Å². The molecule has 7 heteroatoms. The molecule has 2 N–H and O–H groups in total. The topological polar surface area (TPSA) is 77.4 Å². The smallest absolute Gasteiger partial charge is 0.231 e. The molecule has 112 valence electrons. The van der Waals surface area contributed by atoms with E-state index in [1.165, 1.54) is 0 Å². The summed E-state index contributed by atoms with van der Waals surface area (Å²) in [6.07, 6.45) is 0.984. The van der Waals surface area contributed by atoms with Crippen molar-refractivity contribution in [2.75, 3.05) is 55.0 Å². The lowest BCUT2D eigenvalue weighted by molar-refractivity contribution is 0.238. The Kier molecular flexibility index (Phi) is 4.94. The summed E-state index contributed by atoms with van der Waals surface area (Å²) >= 11 is 0. The van der Waals surface area contributed by atoms with Gasteiger partial charge in [0.1, 0.15) is 0 Å². The van der Waals surface area contributed by atoms with Crippen LogP contribution >= 0.6 is 0 Å². The van der Waals surface area contributed by atoms with Gasteiger partial charge in [0.25, 0.3) is 0 Å². The largest absolute Gasteiger partial charge is 0.396 e. The van der Waals surface area contributed by atoms with E-state index in [-0.39, 0.29) is 6.61 Å². The monoisotopic (exact) mass is 280 g/mol. The highest BCUT2D eigenvalue weighted by Crippen LogP contribution is 2.23. The van der Waals surface area contributed by atoms with E-state index in [2.05, 4.69) is 43.9 Å². The van der Waals surface area contributed by atoms with Crippen molar-refractivity contribution in [2.45, 2.75) is 20.3 Å². The van der Waals surface area contributed by atoms with E-state index >= 15 is 0 Å². The van der Waals surface area contributed by atoms with Crippen LogP contribution < -0.4 is 15.1 Å². The van der Waals surface area contributed by atoms with E-state index in [1.807, 2.05) is 7.05 Å². The van der Waals surface area contributed by atoms with Gasteiger partial charge in [0.2, 0.25) is 17.8 Å². The maximum Gasteiger partial charge on any atom is 0.231 e. The molecular formula is C13H24N6O. The molecule has 0 spiro atoms. The third-order valence-electron chi connectivity index (χ3n) is 3.71. The quantitative estimate of drug-likeness (QED) is 0.789. The van der Waals surface area contributed by atoms with E-state index in [0.29, 0.717) is 23.8 Å².